The van der Waals surface area contributed by atoms with Gasteiger partial charge in [0.25, 0.3) is 0 Å². The molecule has 0 aromatic carbocycles. The van der Waals surface area contributed by atoms with Crippen LogP contribution in [0.25, 0.3) is 0 Å². The van der Waals surface area contributed by atoms with E-state index in [2.05, 4.69) is 25.2 Å². The first-order valence-corrected chi connectivity index (χ1v) is 8.61. The standard InChI is InChI=1S/C16H27F3N6.HI/c1-13-21-7-10-25(13)8-4-3-6-22-15(20-2)23-14-5-9-24(11-14)12-16(17,18)19;/h7,10,14H,3-6,8-9,11-12H2,1-2H3,(H2,20,22,23);1H. The van der Waals surface area contributed by atoms with Crippen LogP contribution in [0.15, 0.2) is 17.4 Å². The molecule has 1 aromatic heterocycles. The van der Waals surface area contributed by atoms with Crippen LogP contribution in [0.5, 0.6) is 0 Å². The van der Waals surface area contributed by atoms with E-state index in [1.165, 1.54) is 4.90 Å². The molecule has 0 amide bonds. The van der Waals surface area contributed by atoms with Gasteiger partial charge in [0.2, 0.25) is 0 Å². The summed E-state index contributed by atoms with van der Waals surface area (Å²) in [7, 11) is 1.67. The molecule has 26 heavy (non-hydrogen) atoms. The number of rotatable bonds is 7. The van der Waals surface area contributed by atoms with Crippen LogP contribution < -0.4 is 10.6 Å². The molecule has 1 aliphatic rings. The first-order chi connectivity index (χ1) is 11.9. The van der Waals surface area contributed by atoms with Gasteiger partial charge in [-0.25, -0.2) is 4.98 Å². The van der Waals surface area contributed by atoms with Crippen molar-refractivity contribution in [3.8, 4) is 0 Å². The topological polar surface area (TPSA) is 57.5 Å². The highest BCUT2D eigenvalue weighted by Crippen LogP contribution is 2.19. The van der Waals surface area contributed by atoms with Crippen molar-refractivity contribution in [3.05, 3.63) is 18.2 Å². The van der Waals surface area contributed by atoms with Gasteiger partial charge in [0, 0.05) is 51.7 Å². The highest BCUT2D eigenvalue weighted by Gasteiger charge is 2.34. The van der Waals surface area contributed by atoms with Crippen LogP contribution in [0.1, 0.15) is 25.1 Å². The maximum absolute atomic E-state index is 12.4. The minimum absolute atomic E-state index is 0. The third-order valence-electron chi connectivity index (χ3n) is 4.28. The lowest BCUT2D eigenvalue weighted by Gasteiger charge is -2.19. The van der Waals surface area contributed by atoms with Crippen molar-refractivity contribution in [2.45, 2.75) is 44.9 Å². The first kappa shape index (κ1) is 23.0. The number of halogens is 4. The number of aromatic nitrogens is 2. The number of alkyl halides is 3. The Kier molecular flexibility index (Phi) is 9.69. The largest absolute Gasteiger partial charge is 0.401 e. The average molecular weight is 488 g/mol. The van der Waals surface area contributed by atoms with E-state index >= 15 is 0 Å². The Bertz CT molecular complexity index is 560. The van der Waals surface area contributed by atoms with Gasteiger partial charge in [-0.05, 0) is 26.2 Å². The van der Waals surface area contributed by atoms with Crippen molar-refractivity contribution in [2.75, 3.05) is 33.2 Å². The highest BCUT2D eigenvalue weighted by atomic mass is 127. The maximum Gasteiger partial charge on any atom is 0.401 e. The summed E-state index contributed by atoms with van der Waals surface area (Å²) in [6.07, 6.45) is 2.31. The van der Waals surface area contributed by atoms with E-state index in [0.29, 0.717) is 25.5 Å². The summed E-state index contributed by atoms with van der Waals surface area (Å²) in [5.41, 5.74) is 0. The van der Waals surface area contributed by atoms with Crippen molar-refractivity contribution in [3.63, 3.8) is 0 Å². The van der Waals surface area contributed by atoms with Crippen molar-refractivity contribution in [2.24, 2.45) is 4.99 Å². The monoisotopic (exact) mass is 488 g/mol. The van der Waals surface area contributed by atoms with Crippen LogP contribution in [0, 0.1) is 6.92 Å². The zero-order valence-corrected chi connectivity index (χ0v) is 17.6. The molecule has 2 N–H and O–H groups in total. The summed E-state index contributed by atoms with van der Waals surface area (Å²) in [4.78, 5) is 9.77. The van der Waals surface area contributed by atoms with Crippen molar-refractivity contribution < 1.29 is 13.2 Å². The average Bonchev–Trinajstić information content (AvgIpc) is 3.13. The third-order valence-corrected chi connectivity index (χ3v) is 4.28. The molecule has 0 radical (unpaired) electrons. The summed E-state index contributed by atoms with van der Waals surface area (Å²) in [6, 6.07) is 0.00199. The quantitative estimate of drug-likeness (QED) is 0.268. The Hall–Kier alpha value is -1.04. The number of unbranched alkanes of at least 4 members (excludes halogenated alkanes) is 1. The number of hydrogen-bond acceptors (Lipinski definition) is 3. The van der Waals surface area contributed by atoms with E-state index in [-0.39, 0.29) is 30.0 Å². The molecule has 1 aliphatic heterocycles. The molecule has 1 fully saturated rings. The number of aliphatic imine (C=N–C) groups is 1. The van der Waals surface area contributed by atoms with Crippen LogP contribution in [0.3, 0.4) is 0 Å². The number of aryl methyl sites for hydroxylation is 2. The number of likely N-dealkylation sites (tertiary alicyclic amines) is 1. The predicted octanol–water partition coefficient (Wildman–Crippen LogP) is 2.39. The fraction of sp³-hybridized carbons (Fsp3) is 0.750. The molecular weight excluding hydrogens is 460 g/mol. The summed E-state index contributed by atoms with van der Waals surface area (Å²) >= 11 is 0. The molecule has 0 bridgehead atoms. The van der Waals surface area contributed by atoms with Gasteiger partial charge >= 0.3 is 6.18 Å². The van der Waals surface area contributed by atoms with Gasteiger partial charge < -0.3 is 15.2 Å². The minimum atomic E-state index is -4.14. The van der Waals surface area contributed by atoms with E-state index in [0.717, 1.165) is 31.8 Å². The van der Waals surface area contributed by atoms with Crippen molar-refractivity contribution in [1.82, 2.24) is 25.1 Å². The number of guanidine groups is 1. The van der Waals surface area contributed by atoms with E-state index in [4.69, 9.17) is 0 Å². The molecule has 2 heterocycles. The first-order valence-electron chi connectivity index (χ1n) is 8.61. The van der Waals surface area contributed by atoms with Gasteiger partial charge in [0.1, 0.15) is 5.82 Å². The maximum atomic E-state index is 12.4. The Morgan fingerprint density at radius 1 is 1.38 bits per heavy atom. The molecule has 6 nitrogen and oxygen atoms in total. The second kappa shape index (κ2) is 11.0. The normalized spacial score (nSPS) is 18.7. The minimum Gasteiger partial charge on any atom is -0.356 e. The summed E-state index contributed by atoms with van der Waals surface area (Å²) in [5, 5.41) is 6.44. The van der Waals surface area contributed by atoms with Crippen LogP contribution >= 0.6 is 24.0 Å². The Balaban J connectivity index is 0.00000338. The smallest absolute Gasteiger partial charge is 0.356 e. The summed E-state index contributed by atoms with van der Waals surface area (Å²) in [5.74, 6) is 1.66. The zero-order valence-electron chi connectivity index (χ0n) is 15.2. The van der Waals surface area contributed by atoms with E-state index in [1.54, 1.807) is 13.2 Å². The van der Waals surface area contributed by atoms with E-state index < -0.39 is 12.7 Å². The van der Waals surface area contributed by atoms with E-state index in [1.807, 2.05) is 13.1 Å². The molecule has 2 rings (SSSR count). The van der Waals surface area contributed by atoms with Crippen LogP contribution in [-0.4, -0.2) is 65.9 Å². The Morgan fingerprint density at radius 3 is 2.77 bits per heavy atom. The van der Waals surface area contributed by atoms with Crippen LogP contribution in [0.2, 0.25) is 0 Å². The SMILES string of the molecule is CN=C(NCCCCn1ccnc1C)NC1CCN(CC(F)(F)F)C1.I. The zero-order chi connectivity index (χ0) is 18.3. The molecule has 0 spiro atoms. The van der Waals surface area contributed by atoms with Crippen LogP contribution in [0.4, 0.5) is 13.2 Å². The number of imidazole rings is 1. The van der Waals surface area contributed by atoms with Gasteiger partial charge in [-0.1, -0.05) is 0 Å². The van der Waals surface area contributed by atoms with Gasteiger partial charge in [-0.15, -0.1) is 24.0 Å². The number of nitrogens with zero attached hydrogens (tertiary/aromatic N) is 4. The van der Waals surface area contributed by atoms with Crippen molar-refractivity contribution in [1.29, 1.82) is 0 Å². The lowest BCUT2D eigenvalue weighted by Crippen LogP contribution is -2.45. The molecule has 150 valence electrons. The number of hydrogen-bond donors (Lipinski definition) is 2. The molecular formula is C16H28F3IN6. The summed E-state index contributed by atoms with van der Waals surface area (Å²) in [6.45, 7) is 3.68. The van der Waals surface area contributed by atoms with Gasteiger partial charge in [-0.3, -0.25) is 9.89 Å². The van der Waals surface area contributed by atoms with E-state index in [9.17, 15) is 13.2 Å². The second-order valence-corrected chi connectivity index (χ2v) is 6.35. The lowest BCUT2D eigenvalue weighted by atomic mass is 10.2. The molecule has 0 aliphatic carbocycles. The Labute approximate surface area is 169 Å². The second-order valence-electron chi connectivity index (χ2n) is 6.35. The lowest BCUT2D eigenvalue weighted by molar-refractivity contribution is -0.143. The number of nitrogens with one attached hydrogen (secondary N) is 2. The van der Waals surface area contributed by atoms with Crippen LogP contribution in [-0.2, 0) is 6.54 Å². The molecule has 1 saturated heterocycles. The third kappa shape index (κ3) is 8.11. The summed E-state index contributed by atoms with van der Waals surface area (Å²) < 4.78 is 39.4. The molecule has 10 heteroatoms. The molecule has 1 aromatic rings. The van der Waals surface area contributed by atoms with Crippen molar-refractivity contribution >= 4 is 29.9 Å². The van der Waals surface area contributed by atoms with Gasteiger partial charge in [0.15, 0.2) is 5.96 Å². The fourth-order valence-electron chi connectivity index (χ4n) is 2.99. The highest BCUT2D eigenvalue weighted by molar-refractivity contribution is 14.0. The molecule has 0 saturated carbocycles. The predicted molar refractivity (Wildman–Crippen MR) is 107 cm³/mol. The molecule has 1 atom stereocenters. The van der Waals surface area contributed by atoms with Gasteiger partial charge in [-0.2, -0.15) is 13.2 Å². The Morgan fingerprint density at radius 2 is 2.15 bits per heavy atom. The van der Waals surface area contributed by atoms with Gasteiger partial charge in [0.05, 0.1) is 6.54 Å². The molecule has 1 unspecified atom stereocenters. The fourth-order valence-corrected chi connectivity index (χ4v) is 2.99.